The Bertz CT molecular complexity index is 330. The maximum absolute atomic E-state index is 12.1. The Labute approximate surface area is 129 Å². The van der Waals surface area contributed by atoms with Gasteiger partial charge in [0.15, 0.2) is 0 Å². The summed E-state index contributed by atoms with van der Waals surface area (Å²) in [7, 11) is 0. The molecule has 2 rings (SSSR count). The van der Waals surface area contributed by atoms with Crippen LogP contribution in [0.15, 0.2) is 0 Å². The quantitative estimate of drug-likeness (QED) is 0.765. The minimum Gasteiger partial charge on any atom is -0.444 e. The Morgan fingerprint density at radius 2 is 1.71 bits per heavy atom. The third-order valence-electron chi connectivity index (χ3n) is 4.62. The average Bonchev–Trinajstić information content (AvgIpc) is 2.66. The Hall–Kier alpha value is -0.770. The highest BCUT2D eigenvalue weighted by atomic mass is 16.6. The van der Waals surface area contributed by atoms with Gasteiger partial charge in [0, 0.05) is 12.1 Å². The lowest BCUT2D eigenvalue weighted by molar-refractivity contribution is 0.0466. The minimum absolute atomic E-state index is 0.219. The van der Waals surface area contributed by atoms with Crippen LogP contribution in [-0.2, 0) is 4.74 Å². The molecule has 122 valence electrons. The van der Waals surface area contributed by atoms with Crippen molar-refractivity contribution in [3.8, 4) is 0 Å². The van der Waals surface area contributed by atoms with Gasteiger partial charge < -0.3 is 15.4 Å². The van der Waals surface area contributed by atoms with Gasteiger partial charge in [0.05, 0.1) is 0 Å². The lowest BCUT2D eigenvalue weighted by Gasteiger charge is -2.38. The van der Waals surface area contributed by atoms with Crippen molar-refractivity contribution in [3.63, 3.8) is 0 Å². The van der Waals surface area contributed by atoms with Crippen LogP contribution in [0, 0.1) is 5.92 Å². The van der Waals surface area contributed by atoms with E-state index in [1.807, 2.05) is 20.8 Å². The van der Waals surface area contributed by atoms with Crippen LogP contribution in [0.4, 0.5) is 4.79 Å². The Morgan fingerprint density at radius 1 is 1.05 bits per heavy atom. The summed E-state index contributed by atoms with van der Waals surface area (Å²) >= 11 is 0. The van der Waals surface area contributed by atoms with Crippen molar-refractivity contribution in [2.75, 3.05) is 6.54 Å². The van der Waals surface area contributed by atoms with Crippen molar-refractivity contribution >= 4 is 6.09 Å². The molecule has 2 atom stereocenters. The fourth-order valence-corrected chi connectivity index (χ4v) is 3.70. The summed E-state index contributed by atoms with van der Waals surface area (Å²) in [6, 6.07) is 0.640. The van der Waals surface area contributed by atoms with Crippen molar-refractivity contribution < 1.29 is 9.53 Å². The second-order valence-corrected chi connectivity index (χ2v) is 7.63. The summed E-state index contributed by atoms with van der Waals surface area (Å²) in [5.74, 6) is 0.702. The smallest absolute Gasteiger partial charge is 0.407 e. The molecule has 2 fully saturated rings. The maximum atomic E-state index is 12.1. The standard InChI is InChI=1S/C17H32N2O2/c1-17(2,3)21-16(20)19-14-11-8-12-18-15(14)13-9-6-4-5-7-10-13/h13-15,18H,4-12H2,1-3H3,(H,19,20). The van der Waals surface area contributed by atoms with Gasteiger partial charge in [-0.3, -0.25) is 0 Å². The third-order valence-corrected chi connectivity index (χ3v) is 4.62. The first-order chi connectivity index (χ1) is 9.96. The van der Waals surface area contributed by atoms with Crippen molar-refractivity contribution in [2.45, 2.75) is 89.8 Å². The third kappa shape index (κ3) is 5.50. The lowest BCUT2D eigenvalue weighted by atomic mass is 9.83. The second kappa shape index (κ2) is 7.48. The number of hydrogen-bond acceptors (Lipinski definition) is 3. The van der Waals surface area contributed by atoms with E-state index >= 15 is 0 Å². The van der Waals surface area contributed by atoms with Gasteiger partial charge in [-0.25, -0.2) is 4.79 Å². The van der Waals surface area contributed by atoms with Crippen molar-refractivity contribution in [1.29, 1.82) is 0 Å². The number of hydrogen-bond donors (Lipinski definition) is 2. The second-order valence-electron chi connectivity index (χ2n) is 7.63. The monoisotopic (exact) mass is 296 g/mol. The van der Waals surface area contributed by atoms with Gasteiger partial charge in [0.25, 0.3) is 0 Å². The molecule has 1 aliphatic heterocycles. The first-order valence-electron chi connectivity index (χ1n) is 8.68. The predicted octanol–water partition coefficient (Wildman–Crippen LogP) is 3.60. The van der Waals surface area contributed by atoms with E-state index in [0.29, 0.717) is 12.0 Å². The zero-order valence-corrected chi connectivity index (χ0v) is 13.9. The molecule has 1 saturated heterocycles. The number of piperidine rings is 1. The normalized spacial score (nSPS) is 28.7. The van der Waals surface area contributed by atoms with E-state index in [4.69, 9.17) is 4.74 Å². The van der Waals surface area contributed by atoms with E-state index in [-0.39, 0.29) is 12.1 Å². The molecule has 0 aromatic heterocycles. The van der Waals surface area contributed by atoms with Crippen molar-refractivity contribution in [1.82, 2.24) is 10.6 Å². The number of nitrogens with one attached hydrogen (secondary N) is 2. The van der Waals surface area contributed by atoms with Gasteiger partial charge in [-0.1, -0.05) is 25.7 Å². The lowest BCUT2D eigenvalue weighted by Crippen LogP contribution is -2.57. The molecular weight excluding hydrogens is 264 g/mol. The molecule has 1 amide bonds. The van der Waals surface area contributed by atoms with Gasteiger partial charge in [0.1, 0.15) is 5.60 Å². The molecule has 1 saturated carbocycles. The largest absolute Gasteiger partial charge is 0.444 e. The maximum Gasteiger partial charge on any atom is 0.407 e. The molecule has 0 spiro atoms. The van der Waals surface area contributed by atoms with Crippen LogP contribution in [0.1, 0.15) is 72.1 Å². The van der Waals surface area contributed by atoms with Gasteiger partial charge in [-0.15, -0.1) is 0 Å². The average molecular weight is 296 g/mol. The number of amides is 1. The number of ether oxygens (including phenoxy) is 1. The van der Waals surface area contributed by atoms with E-state index in [1.54, 1.807) is 0 Å². The molecule has 0 bridgehead atoms. The number of carbonyl (C=O) groups is 1. The highest BCUT2D eigenvalue weighted by molar-refractivity contribution is 5.68. The molecule has 0 aromatic rings. The molecule has 0 aromatic carbocycles. The molecule has 1 aliphatic carbocycles. The van der Waals surface area contributed by atoms with Crippen LogP contribution >= 0.6 is 0 Å². The van der Waals surface area contributed by atoms with Gasteiger partial charge in [0.2, 0.25) is 0 Å². The highest BCUT2D eigenvalue weighted by Gasteiger charge is 2.33. The number of carbonyl (C=O) groups excluding carboxylic acids is 1. The predicted molar refractivity (Wildman–Crippen MR) is 85.4 cm³/mol. The van der Waals surface area contributed by atoms with Crippen LogP contribution < -0.4 is 10.6 Å². The summed E-state index contributed by atoms with van der Waals surface area (Å²) in [5.41, 5.74) is -0.427. The van der Waals surface area contributed by atoms with E-state index < -0.39 is 5.60 Å². The van der Waals surface area contributed by atoms with Crippen molar-refractivity contribution in [2.24, 2.45) is 5.92 Å². The Kier molecular flexibility index (Phi) is 5.91. The van der Waals surface area contributed by atoms with Crippen LogP contribution in [0.25, 0.3) is 0 Å². The van der Waals surface area contributed by atoms with Gasteiger partial charge >= 0.3 is 6.09 Å². The molecule has 4 nitrogen and oxygen atoms in total. The molecule has 0 radical (unpaired) electrons. The molecule has 4 heteroatoms. The van der Waals surface area contributed by atoms with Crippen LogP contribution in [0.2, 0.25) is 0 Å². The van der Waals surface area contributed by atoms with Crippen LogP contribution in [0.3, 0.4) is 0 Å². The SMILES string of the molecule is CC(C)(C)OC(=O)NC1CCCNC1C1CCCCCC1. The van der Waals surface area contributed by atoms with Crippen molar-refractivity contribution in [3.05, 3.63) is 0 Å². The van der Waals surface area contributed by atoms with E-state index in [9.17, 15) is 4.79 Å². The highest BCUT2D eigenvalue weighted by Crippen LogP contribution is 2.29. The zero-order valence-electron chi connectivity index (χ0n) is 13.9. The number of rotatable bonds is 2. The molecule has 2 unspecified atom stereocenters. The fourth-order valence-electron chi connectivity index (χ4n) is 3.70. The molecule has 21 heavy (non-hydrogen) atoms. The molecule has 2 N–H and O–H groups in total. The first kappa shape index (κ1) is 16.6. The Balaban J connectivity index is 1.93. The van der Waals surface area contributed by atoms with E-state index in [2.05, 4.69) is 10.6 Å². The van der Waals surface area contributed by atoms with E-state index in [0.717, 1.165) is 19.4 Å². The summed E-state index contributed by atoms with van der Waals surface area (Å²) in [5, 5.41) is 6.78. The summed E-state index contributed by atoms with van der Waals surface area (Å²) in [6.45, 7) is 6.81. The van der Waals surface area contributed by atoms with E-state index in [1.165, 1.54) is 38.5 Å². The Morgan fingerprint density at radius 3 is 2.33 bits per heavy atom. The summed E-state index contributed by atoms with van der Waals surface area (Å²) in [6.07, 6.45) is 9.92. The first-order valence-corrected chi connectivity index (χ1v) is 8.68. The fraction of sp³-hybridized carbons (Fsp3) is 0.941. The topological polar surface area (TPSA) is 50.4 Å². The van der Waals surface area contributed by atoms with Crippen LogP contribution in [-0.4, -0.2) is 30.3 Å². The summed E-state index contributed by atoms with van der Waals surface area (Å²) in [4.78, 5) is 12.1. The zero-order chi connectivity index (χ0) is 15.3. The molecule has 2 aliphatic rings. The number of alkyl carbamates (subject to hydrolysis) is 1. The molecule has 1 heterocycles. The minimum atomic E-state index is -0.427. The summed E-state index contributed by atoms with van der Waals surface area (Å²) < 4.78 is 5.42. The van der Waals surface area contributed by atoms with Gasteiger partial charge in [-0.2, -0.15) is 0 Å². The van der Waals surface area contributed by atoms with Crippen LogP contribution in [0.5, 0.6) is 0 Å². The van der Waals surface area contributed by atoms with Gasteiger partial charge in [-0.05, 0) is 58.9 Å². The molecular formula is C17H32N2O2.